The minimum Gasteiger partial charge on any atom is -0.352 e. The van der Waals surface area contributed by atoms with Crippen LogP contribution in [-0.4, -0.2) is 19.9 Å². The van der Waals surface area contributed by atoms with Gasteiger partial charge in [-0.25, -0.2) is 13.1 Å². The lowest BCUT2D eigenvalue weighted by molar-refractivity contribution is -0.121. The smallest absolute Gasteiger partial charge is 0.241 e. The minimum atomic E-state index is -3.70. The fourth-order valence-corrected chi connectivity index (χ4v) is 4.72. The fraction of sp³-hybridized carbons (Fsp3) is 0.350. The molecule has 0 radical (unpaired) electrons. The van der Waals surface area contributed by atoms with Crippen molar-refractivity contribution >= 4 is 39.1 Å². The summed E-state index contributed by atoms with van der Waals surface area (Å²) in [7, 11) is -3.70. The molecule has 0 unspecified atom stereocenters. The van der Waals surface area contributed by atoms with Gasteiger partial charge in [-0.1, -0.05) is 53.5 Å². The van der Waals surface area contributed by atoms with Gasteiger partial charge < -0.3 is 5.32 Å². The second-order valence-electron chi connectivity index (χ2n) is 7.45. The lowest BCUT2D eigenvalue weighted by Crippen LogP contribution is -2.41. The molecule has 8 heteroatoms. The summed E-state index contributed by atoms with van der Waals surface area (Å²) in [6, 6.07) is 11.9. The molecular weight excluding hydrogens is 419 g/mol. The SMILES string of the molecule is CC(C)(C)NS(=O)(=O)c1ccccc1CNC(=O)CCc1cccc(Cl)c1Cl. The van der Waals surface area contributed by atoms with Crippen LogP contribution in [0.2, 0.25) is 10.0 Å². The van der Waals surface area contributed by atoms with Crippen LogP contribution in [0.15, 0.2) is 47.4 Å². The number of aryl methyl sites for hydroxylation is 1. The van der Waals surface area contributed by atoms with E-state index in [2.05, 4.69) is 10.0 Å². The Morgan fingerprint density at radius 1 is 1.00 bits per heavy atom. The maximum absolute atomic E-state index is 12.6. The summed E-state index contributed by atoms with van der Waals surface area (Å²) in [5.41, 5.74) is 0.709. The maximum atomic E-state index is 12.6. The molecule has 0 aliphatic rings. The van der Waals surface area contributed by atoms with E-state index in [9.17, 15) is 13.2 Å². The lowest BCUT2D eigenvalue weighted by Gasteiger charge is -2.21. The molecule has 5 nitrogen and oxygen atoms in total. The summed E-state index contributed by atoms with van der Waals surface area (Å²) in [5.74, 6) is -0.202. The number of carbonyl (C=O) groups is 1. The number of halogens is 2. The van der Waals surface area contributed by atoms with Crippen LogP contribution in [0.3, 0.4) is 0 Å². The molecule has 2 aromatic rings. The summed E-state index contributed by atoms with van der Waals surface area (Å²) in [4.78, 5) is 12.4. The van der Waals surface area contributed by atoms with Crippen molar-refractivity contribution < 1.29 is 13.2 Å². The zero-order valence-electron chi connectivity index (χ0n) is 16.1. The van der Waals surface area contributed by atoms with Crippen LogP contribution in [0.25, 0.3) is 0 Å². The predicted octanol–water partition coefficient (Wildman–Crippen LogP) is 4.32. The molecule has 0 atom stereocenters. The van der Waals surface area contributed by atoms with E-state index >= 15 is 0 Å². The van der Waals surface area contributed by atoms with Crippen molar-refractivity contribution in [2.75, 3.05) is 0 Å². The Kier molecular flexibility index (Phi) is 7.51. The first-order valence-electron chi connectivity index (χ1n) is 8.81. The molecule has 0 spiro atoms. The fourth-order valence-electron chi connectivity index (χ4n) is 2.64. The summed E-state index contributed by atoms with van der Waals surface area (Å²) in [5, 5.41) is 3.67. The Morgan fingerprint density at radius 3 is 2.32 bits per heavy atom. The molecule has 0 heterocycles. The highest BCUT2D eigenvalue weighted by Gasteiger charge is 2.24. The van der Waals surface area contributed by atoms with Crippen LogP contribution in [0.5, 0.6) is 0 Å². The van der Waals surface area contributed by atoms with Crippen molar-refractivity contribution in [2.45, 2.75) is 50.6 Å². The van der Waals surface area contributed by atoms with Crippen molar-refractivity contribution in [2.24, 2.45) is 0 Å². The molecular formula is C20H24Cl2N2O3S. The predicted molar refractivity (Wildman–Crippen MR) is 113 cm³/mol. The van der Waals surface area contributed by atoms with E-state index in [1.54, 1.807) is 51.1 Å². The Bertz CT molecular complexity index is 954. The van der Waals surface area contributed by atoms with Crippen LogP contribution >= 0.6 is 23.2 Å². The van der Waals surface area contributed by atoms with Gasteiger partial charge in [-0.3, -0.25) is 4.79 Å². The molecule has 0 bridgehead atoms. The van der Waals surface area contributed by atoms with Gasteiger partial charge in [0.05, 0.1) is 14.9 Å². The van der Waals surface area contributed by atoms with E-state index in [0.29, 0.717) is 22.0 Å². The Morgan fingerprint density at radius 2 is 1.64 bits per heavy atom. The number of amides is 1. The van der Waals surface area contributed by atoms with Crippen LogP contribution in [-0.2, 0) is 27.8 Å². The van der Waals surface area contributed by atoms with Gasteiger partial charge in [-0.15, -0.1) is 0 Å². The van der Waals surface area contributed by atoms with E-state index in [1.807, 2.05) is 6.07 Å². The third-order valence-corrected chi connectivity index (χ3v) is 6.55. The molecule has 0 saturated heterocycles. The molecule has 28 heavy (non-hydrogen) atoms. The highest BCUT2D eigenvalue weighted by molar-refractivity contribution is 7.89. The van der Waals surface area contributed by atoms with E-state index in [-0.39, 0.29) is 23.8 Å². The number of sulfonamides is 1. The normalized spacial score (nSPS) is 12.0. The summed E-state index contributed by atoms with van der Waals surface area (Å²) in [6.45, 7) is 5.44. The number of nitrogens with one attached hydrogen (secondary N) is 2. The second kappa shape index (κ2) is 9.27. The van der Waals surface area contributed by atoms with Gasteiger partial charge in [0, 0.05) is 18.5 Å². The topological polar surface area (TPSA) is 75.3 Å². The third kappa shape index (κ3) is 6.48. The minimum absolute atomic E-state index is 0.114. The van der Waals surface area contributed by atoms with Crippen LogP contribution < -0.4 is 10.0 Å². The molecule has 1 amide bonds. The summed E-state index contributed by atoms with van der Waals surface area (Å²) < 4.78 is 27.9. The van der Waals surface area contributed by atoms with Gasteiger partial charge in [0.2, 0.25) is 15.9 Å². The van der Waals surface area contributed by atoms with Gasteiger partial charge in [0.25, 0.3) is 0 Å². The van der Waals surface area contributed by atoms with Crippen molar-refractivity contribution in [3.8, 4) is 0 Å². The largest absolute Gasteiger partial charge is 0.352 e. The van der Waals surface area contributed by atoms with Gasteiger partial charge in [-0.2, -0.15) is 0 Å². The lowest BCUT2D eigenvalue weighted by atomic mass is 10.1. The zero-order valence-corrected chi connectivity index (χ0v) is 18.4. The molecule has 0 saturated carbocycles. The second-order valence-corrected chi connectivity index (χ2v) is 9.89. The van der Waals surface area contributed by atoms with Crippen LogP contribution in [0, 0.1) is 0 Å². The number of hydrogen-bond acceptors (Lipinski definition) is 3. The average molecular weight is 443 g/mol. The van der Waals surface area contributed by atoms with Crippen molar-refractivity contribution in [1.29, 1.82) is 0 Å². The van der Waals surface area contributed by atoms with Gasteiger partial charge in [0.15, 0.2) is 0 Å². The van der Waals surface area contributed by atoms with E-state index in [4.69, 9.17) is 23.2 Å². The van der Waals surface area contributed by atoms with Gasteiger partial charge in [-0.05, 0) is 50.5 Å². The molecule has 2 N–H and O–H groups in total. The first-order chi connectivity index (χ1) is 13.0. The number of carbonyl (C=O) groups excluding carboxylic acids is 1. The molecule has 0 aliphatic carbocycles. The molecule has 2 aromatic carbocycles. The standard InChI is InChI=1S/C20H24Cl2N2O3S/c1-20(2,3)24-28(26,27)17-10-5-4-7-15(17)13-23-18(25)12-11-14-8-6-9-16(21)19(14)22/h4-10,24H,11-13H2,1-3H3,(H,23,25). The highest BCUT2D eigenvalue weighted by atomic mass is 35.5. The highest BCUT2D eigenvalue weighted by Crippen LogP contribution is 2.26. The van der Waals surface area contributed by atoms with Crippen LogP contribution in [0.1, 0.15) is 38.3 Å². The Balaban J connectivity index is 2.03. The Labute approximate surface area is 176 Å². The van der Waals surface area contributed by atoms with Crippen molar-refractivity contribution in [1.82, 2.24) is 10.0 Å². The maximum Gasteiger partial charge on any atom is 0.241 e. The zero-order chi connectivity index (χ0) is 20.9. The summed E-state index contributed by atoms with van der Waals surface area (Å²) in [6.07, 6.45) is 0.659. The molecule has 0 fully saturated rings. The monoisotopic (exact) mass is 442 g/mol. The number of benzene rings is 2. The van der Waals surface area contributed by atoms with Gasteiger partial charge >= 0.3 is 0 Å². The molecule has 2 rings (SSSR count). The first-order valence-corrected chi connectivity index (χ1v) is 11.0. The quantitative estimate of drug-likeness (QED) is 0.670. The van der Waals surface area contributed by atoms with E-state index in [1.165, 1.54) is 6.07 Å². The van der Waals surface area contributed by atoms with Gasteiger partial charge in [0.1, 0.15) is 0 Å². The molecule has 0 aromatic heterocycles. The van der Waals surface area contributed by atoms with E-state index < -0.39 is 15.6 Å². The van der Waals surface area contributed by atoms with E-state index in [0.717, 1.165) is 5.56 Å². The first kappa shape index (κ1) is 22.7. The third-order valence-electron chi connectivity index (χ3n) is 3.83. The molecule has 0 aliphatic heterocycles. The molecule has 152 valence electrons. The summed E-state index contributed by atoms with van der Waals surface area (Å²) >= 11 is 12.1. The van der Waals surface area contributed by atoms with Crippen molar-refractivity contribution in [3.05, 3.63) is 63.6 Å². The Hall–Kier alpha value is -1.60. The van der Waals surface area contributed by atoms with Crippen molar-refractivity contribution in [3.63, 3.8) is 0 Å². The van der Waals surface area contributed by atoms with Crippen LogP contribution in [0.4, 0.5) is 0 Å². The number of rotatable bonds is 7. The average Bonchev–Trinajstić information content (AvgIpc) is 2.59. The number of hydrogen-bond donors (Lipinski definition) is 2.